The van der Waals surface area contributed by atoms with Gasteiger partial charge >= 0.3 is 0 Å². The molecule has 2 heterocycles. The lowest BCUT2D eigenvalue weighted by molar-refractivity contribution is -0.114. The van der Waals surface area contributed by atoms with Crippen LogP contribution in [0.2, 0.25) is 0 Å². The third-order valence-corrected chi connectivity index (χ3v) is 5.05. The van der Waals surface area contributed by atoms with Gasteiger partial charge in [0.2, 0.25) is 0 Å². The van der Waals surface area contributed by atoms with Crippen LogP contribution in [0.4, 0.5) is 5.69 Å². The standard InChI is InChI=1S/C15H15NOS/c1-12-6-5-11-18-15(12)10-9-14(17)16(15)13-7-3-2-4-8-13/h2-10,12H,11H2,1H3/t12?,15-/m1/s1. The summed E-state index contributed by atoms with van der Waals surface area (Å²) in [6.07, 6.45) is 8.15. The molecule has 0 fully saturated rings. The van der Waals surface area contributed by atoms with E-state index in [2.05, 4.69) is 25.2 Å². The number of hydrogen-bond acceptors (Lipinski definition) is 2. The third kappa shape index (κ3) is 1.62. The van der Waals surface area contributed by atoms with Gasteiger partial charge in [-0.3, -0.25) is 9.69 Å². The molecule has 0 N–H and O–H groups in total. The van der Waals surface area contributed by atoms with Crippen LogP contribution in [0.3, 0.4) is 0 Å². The van der Waals surface area contributed by atoms with E-state index in [1.165, 1.54) is 0 Å². The Kier molecular flexibility index (Phi) is 2.78. The highest BCUT2D eigenvalue weighted by Gasteiger charge is 2.46. The van der Waals surface area contributed by atoms with Gasteiger partial charge in [0.1, 0.15) is 4.87 Å². The number of benzene rings is 1. The second-order valence-corrected chi connectivity index (χ2v) is 5.90. The Balaban J connectivity index is 2.07. The van der Waals surface area contributed by atoms with Crippen LogP contribution >= 0.6 is 11.8 Å². The monoisotopic (exact) mass is 257 g/mol. The van der Waals surface area contributed by atoms with Crippen molar-refractivity contribution in [3.05, 3.63) is 54.6 Å². The quantitative estimate of drug-likeness (QED) is 0.720. The average Bonchev–Trinajstić information content (AvgIpc) is 2.73. The fourth-order valence-corrected chi connectivity index (χ4v) is 3.90. The SMILES string of the molecule is CC1C=CCS[C@]12C=CC(=O)N2c1ccccc1. The van der Waals surface area contributed by atoms with E-state index in [0.29, 0.717) is 5.92 Å². The zero-order valence-corrected chi connectivity index (χ0v) is 11.1. The molecule has 1 aromatic rings. The Bertz CT molecular complexity index is 523. The number of carbonyl (C=O) groups excluding carboxylic acids is 1. The van der Waals surface area contributed by atoms with Crippen molar-refractivity contribution < 1.29 is 4.79 Å². The van der Waals surface area contributed by atoms with E-state index in [4.69, 9.17) is 0 Å². The second-order valence-electron chi connectivity index (χ2n) is 4.62. The van der Waals surface area contributed by atoms with E-state index >= 15 is 0 Å². The maximum absolute atomic E-state index is 12.2. The normalized spacial score (nSPS) is 30.4. The van der Waals surface area contributed by atoms with Crippen LogP contribution in [0.25, 0.3) is 0 Å². The molecule has 1 unspecified atom stereocenters. The van der Waals surface area contributed by atoms with Crippen LogP contribution in [0.15, 0.2) is 54.6 Å². The summed E-state index contributed by atoms with van der Waals surface area (Å²) >= 11 is 1.82. The van der Waals surface area contributed by atoms with Crippen molar-refractivity contribution in [1.82, 2.24) is 0 Å². The average molecular weight is 257 g/mol. The fraction of sp³-hybridized carbons (Fsp3) is 0.267. The number of thioether (sulfide) groups is 1. The molecule has 2 aliphatic rings. The molecule has 2 nitrogen and oxygen atoms in total. The molecule has 1 aromatic carbocycles. The van der Waals surface area contributed by atoms with E-state index in [-0.39, 0.29) is 10.8 Å². The summed E-state index contributed by atoms with van der Waals surface area (Å²) in [4.78, 5) is 13.9. The highest BCUT2D eigenvalue weighted by Crippen LogP contribution is 2.46. The number of para-hydroxylation sites is 1. The van der Waals surface area contributed by atoms with Crippen LogP contribution in [0.5, 0.6) is 0 Å². The minimum atomic E-state index is -0.243. The summed E-state index contributed by atoms with van der Waals surface area (Å²) in [5.74, 6) is 1.35. The molecule has 2 atom stereocenters. The topological polar surface area (TPSA) is 20.3 Å². The number of carbonyl (C=O) groups is 1. The first-order chi connectivity index (χ1) is 8.74. The van der Waals surface area contributed by atoms with E-state index in [9.17, 15) is 4.79 Å². The van der Waals surface area contributed by atoms with Gasteiger partial charge in [-0.2, -0.15) is 0 Å². The minimum absolute atomic E-state index is 0.0795. The van der Waals surface area contributed by atoms with Crippen molar-refractivity contribution >= 4 is 23.4 Å². The van der Waals surface area contributed by atoms with Gasteiger partial charge in [-0.25, -0.2) is 0 Å². The lowest BCUT2D eigenvalue weighted by atomic mass is 9.99. The summed E-state index contributed by atoms with van der Waals surface area (Å²) < 4.78 is 0. The van der Waals surface area contributed by atoms with Gasteiger partial charge in [0, 0.05) is 23.4 Å². The molecule has 0 aliphatic carbocycles. The predicted octanol–water partition coefficient (Wildman–Crippen LogP) is 3.22. The van der Waals surface area contributed by atoms with Gasteiger partial charge in [0.05, 0.1) is 0 Å². The smallest absolute Gasteiger partial charge is 0.252 e. The number of nitrogens with zero attached hydrogens (tertiary/aromatic N) is 1. The van der Waals surface area contributed by atoms with Crippen LogP contribution < -0.4 is 4.90 Å². The molecule has 3 rings (SSSR count). The highest BCUT2D eigenvalue weighted by molar-refractivity contribution is 8.01. The summed E-state index contributed by atoms with van der Waals surface area (Å²) in [5.41, 5.74) is 0.974. The largest absolute Gasteiger partial charge is 0.290 e. The summed E-state index contributed by atoms with van der Waals surface area (Å²) in [6, 6.07) is 9.92. The number of amides is 1. The maximum atomic E-state index is 12.2. The van der Waals surface area contributed by atoms with Gasteiger partial charge in [0.15, 0.2) is 0 Å². The van der Waals surface area contributed by atoms with Crippen molar-refractivity contribution in [3.8, 4) is 0 Å². The fourth-order valence-electron chi connectivity index (χ4n) is 2.60. The molecule has 0 saturated heterocycles. The van der Waals surface area contributed by atoms with Gasteiger partial charge in [-0.05, 0) is 18.2 Å². The molecule has 0 saturated carbocycles. The van der Waals surface area contributed by atoms with E-state index in [1.54, 1.807) is 6.08 Å². The number of hydrogen-bond donors (Lipinski definition) is 0. The van der Waals surface area contributed by atoms with Crippen molar-refractivity contribution in [1.29, 1.82) is 0 Å². The van der Waals surface area contributed by atoms with Crippen LogP contribution in [0, 0.1) is 5.92 Å². The molecule has 0 aromatic heterocycles. The lowest BCUT2D eigenvalue weighted by Gasteiger charge is -2.42. The molecule has 1 spiro atoms. The van der Waals surface area contributed by atoms with Crippen LogP contribution in [0.1, 0.15) is 6.92 Å². The molecule has 1 amide bonds. The van der Waals surface area contributed by atoms with Crippen molar-refractivity contribution in [2.24, 2.45) is 5.92 Å². The van der Waals surface area contributed by atoms with Crippen molar-refractivity contribution in [3.63, 3.8) is 0 Å². The zero-order valence-electron chi connectivity index (χ0n) is 10.2. The first kappa shape index (κ1) is 11.6. The zero-order chi connectivity index (χ0) is 12.6. The van der Waals surface area contributed by atoms with Gasteiger partial charge < -0.3 is 0 Å². The lowest BCUT2D eigenvalue weighted by Crippen LogP contribution is -2.49. The number of rotatable bonds is 1. The van der Waals surface area contributed by atoms with Crippen LogP contribution in [-0.4, -0.2) is 16.5 Å². The predicted molar refractivity (Wildman–Crippen MR) is 76.6 cm³/mol. The van der Waals surface area contributed by atoms with Gasteiger partial charge in [-0.1, -0.05) is 37.3 Å². The molecule has 0 radical (unpaired) electrons. The van der Waals surface area contributed by atoms with Crippen molar-refractivity contribution in [2.45, 2.75) is 11.8 Å². The number of anilines is 1. The molecular formula is C15H15NOS. The molecule has 18 heavy (non-hydrogen) atoms. The molecule has 3 heteroatoms. The Labute approximate surface area is 111 Å². The first-order valence-electron chi connectivity index (χ1n) is 6.13. The highest BCUT2D eigenvalue weighted by atomic mass is 32.2. The Hall–Kier alpha value is -1.48. The van der Waals surface area contributed by atoms with Crippen molar-refractivity contribution in [2.75, 3.05) is 10.7 Å². The third-order valence-electron chi connectivity index (χ3n) is 3.54. The summed E-state index contributed by atoms with van der Waals surface area (Å²) in [6.45, 7) is 2.17. The van der Waals surface area contributed by atoms with E-state index in [1.807, 2.05) is 47.0 Å². The Morgan fingerprint density at radius 1 is 1.33 bits per heavy atom. The van der Waals surface area contributed by atoms with E-state index < -0.39 is 0 Å². The Morgan fingerprint density at radius 3 is 2.83 bits per heavy atom. The summed E-state index contributed by atoms with van der Waals surface area (Å²) in [5, 5.41) is 0. The molecule has 0 bridgehead atoms. The minimum Gasteiger partial charge on any atom is -0.290 e. The van der Waals surface area contributed by atoms with Gasteiger partial charge in [0.25, 0.3) is 5.91 Å². The van der Waals surface area contributed by atoms with Gasteiger partial charge in [-0.15, -0.1) is 11.8 Å². The maximum Gasteiger partial charge on any atom is 0.252 e. The van der Waals surface area contributed by atoms with E-state index in [0.717, 1.165) is 11.4 Å². The molecule has 92 valence electrons. The summed E-state index contributed by atoms with van der Waals surface area (Å²) in [7, 11) is 0. The Morgan fingerprint density at radius 2 is 2.11 bits per heavy atom. The van der Waals surface area contributed by atoms with Crippen LogP contribution in [-0.2, 0) is 4.79 Å². The molecular weight excluding hydrogens is 242 g/mol. The second kappa shape index (κ2) is 4.32. The molecule has 2 aliphatic heterocycles. The first-order valence-corrected chi connectivity index (χ1v) is 7.12.